The molecule has 0 saturated heterocycles. The molecule has 2 rings (SSSR count). The molecule has 1 aromatic carbocycles. The number of nitrogens with one attached hydrogen (secondary N) is 1. The monoisotopic (exact) mass is 403 g/mol. The predicted octanol–water partition coefficient (Wildman–Crippen LogP) is 0.651. The van der Waals surface area contributed by atoms with Gasteiger partial charge in [-0.05, 0) is 19.1 Å². The van der Waals surface area contributed by atoms with E-state index in [1.165, 1.54) is 6.07 Å². The highest BCUT2D eigenvalue weighted by Crippen LogP contribution is 2.33. The summed E-state index contributed by atoms with van der Waals surface area (Å²) in [5.74, 6) is -0.542. The van der Waals surface area contributed by atoms with Crippen LogP contribution in [0.3, 0.4) is 0 Å². The fourth-order valence-electron chi connectivity index (χ4n) is 2.79. The highest BCUT2D eigenvalue weighted by molar-refractivity contribution is 5.86. The van der Waals surface area contributed by atoms with Gasteiger partial charge in [-0.3, -0.25) is 10.1 Å². The third kappa shape index (κ3) is 5.45. The van der Waals surface area contributed by atoms with Crippen molar-refractivity contribution in [2.75, 3.05) is 47.5 Å². The summed E-state index contributed by atoms with van der Waals surface area (Å²) in [4.78, 5) is 28.3. The maximum atomic E-state index is 11.4. The maximum absolute atomic E-state index is 11.4. The molecule has 0 aliphatic rings. The summed E-state index contributed by atoms with van der Waals surface area (Å²) in [6.07, 6.45) is -2.38. The molecule has 11 nitrogen and oxygen atoms in total. The van der Waals surface area contributed by atoms with Crippen molar-refractivity contribution >= 4 is 34.8 Å². The molecule has 156 valence electrons. The summed E-state index contributed by atoms with van der Waals surface area (Å²) < 4.78 is 0. The molecular weight excluding hydrogens is 380 g/mol. The Labute approximate surface area is 167 Å². The number of amides is 1. The largest absolute Gasteiger partial charge is 0.530 e. The number of para-hydroxylation sites is 1. The van der Waals surface area contributed by atoms with Gasteiger partial charge in [0.25, 0.3) is 0 Å². The Kier molecular flexibility index (Phi) is 7.15. The van der Waals surface area contributed by atoms with Gasteiger partial charge >= 0.3 is 5.69 Å². The standard InChI is InChI=1S/C18H24N6O5/c1-3-23(18(26)27)15-9-14(16(24(28)29)17(19)21-15)20-10-13(25)11-22(2)12-7-5-4-6-8-12/h4-9,13,25H,3,10-11H2,1-2H3,(H,26,27)(H3,19,20,21)/p-1. The molecule has 1 amide bonds. The van der Waals surface area contributed by atoms with Gasteiger partial charge in [-0.15, -0.1) is 0 Å². The van der Waals surface area contributed by atoms with Crippen LogP contribution in [-0.2, 0) is 0 Å². The summed E-state index contributed by atoms with van der Waals surface area (Å²) in [7, 11) is 1.81. The van der Waals surface area contributed by atoms with Crippen LogP contribution in [0.1, 0.15) is 6.92 Å². The van der Waals surface area contributed by atoms with Crippen molar-refractivity contribution < 1.29 is 19.9 Å². The number of hydrogen-bond acceptors (Lipinski definition) is 9. The molecule has 1 aromatic heterocycles. The second-order valence-corrected chi connectivity index (χ2v) is 6.28. The van der Waals surface area contributed by atoms with Gasteiger partial charge in [-0.25, -0.2) is 4.98 Å². The quantitative estimate of drug-likeness (QED) is 0.403. The van der Waals surface area contributed by atoms with E-state index in [0.717, 1.165) is 10.6 Å². The molecule has 0 bridgehead atoms. The lowest BCUT2D eigenvalue weighted by Gasteiger charge is -2.24. The normalized spacial score (nSPS) is 11.6. The van der Waals surface area contributed by atoms with Gasteiger partial charge in [0.05, 0.1) is 11.0 Å². The van der Waals surface area contributed by atoms with Crippen molar-refractivity contribution in [1.29, 1.82) is 0 Å². The molecule has 0 saturated carbocycles. The number of carbonyl (C=O) groups is 1. The van der Waals surface area contributed by atoms with Crippen LogP contribution in [0.2, 0.25) is 0 Å². The van der Waals surface area contributed by atoms with E-state index in [2.05, 4.69) is 10.3 Å². The van der Waals surface area contributed by atoms with Gasteiger partial charge in [0.1, 0.15) is 17.6 Å². The second kappa shape index (κ2) is 9.55. The number of pyridine rings is 1. The second-order valence-electron chi connectivity index (χ2n) is 6.28. The maximum Gasteiger partial charge on any atom is 0.334 e. The number of nitrogens with two attached hydrogens (primary N) is 1. The first kappa shape index (κ1) is 21.7. The zero-order valence-corrected chi connectivity index (χ0v) is 16.1. The number of nitrogens with zero attached hydrogens (tertiary/aromatic N) is 4. The minimum Gasteiger partial charge on any atom is -0.530 e. The third-order valence-electron chi connectivity index (χ3n) is 4.21. The Morgan fingerprint density at radius 1 is 1.38 bits per heavy atom. The Hall–Kier alpha value is -3.60. The van der Waals surface area contributed by atoms with Crippen LogP contribution in [0.4, 0.5) is 33.5 Å². The number of likely N-dealkylation sites (N-methyl/N-ethyl adjacent to an activating group) is 1. The number of benzene rings is 1. The highest BCUT2D eigenvalue weighted by Gasteiger charge is 2.24. The van der Waals surface area contributed by atoms with Crippen molar-refractivity contribution in [2.24, 2.45) is 0 Å². The van der Waals surface area contributed by atoms with E-state index in [-0.39, 0.29) is 31.1 Å². The van der Waals surface area contributed by atoms with Crippen LogP contribution in [0.5, 0.6) is 0 Å². The molecule has 1 atom stereocenters. The van der Waals surface area contributed by atoms with Gasteiger partial charge < -0.3 is 35.9 Å². The molecule has 0 radical (unpaired) electrons. The van der Waals surface area contributed by atoms with Crippen LogP contribution in [-0.4, -0.2) is 53.9 Å². The molecule has 1 unspecified atom stereocenters. The summed E-state index contributed by atoms with van der Waals surface area (Å²) in [5, 5.41) is 35.7. The van der Waals surface area contributed by atoms with Gasteiger partial charge in [0.15, 0.2) is 0 Å². The van der Waals surface area contributed by atoms with E-state index >= 15 is 0 Å². The lowest BCUT2D eigenvalue weighted by molar-refractivity contribution is -0.383. The molecule has 29 heavy (non-hydrogen) atoms. The van der Waals surface area contributed by atoms with Crippen LogP contribution in [0.15, 0.2) is 36.4 Å². The molecule has 0 fully saturated rings. The van der Waals surface area contributed by atoms with E-state index in [9.17, 15) is 25.1 Å². The van der Waals surface area contributed by atoms with Crippen LogP contribution >= 0.6 is 0 Å². The summed E-state index contributed by atoms with van der Waals surface area (Å²) in [5.41, 5.74) is 6.04. The number of nitro groups is 1. The number of aromatic nitrogens is 1. The molecule has 11 heteroatoms. The van der Waals surface area contributed by atoms with Crippen molar-refractivity contribution in [3.63, 3.8) is 0 Å². The molecule has 4 N–H and O–H groups in total. The number of rotatable bonds is 9. The molecule has 2 aromatic rings. The number of aliphatic hydroxyl groups excluding tert-OH is 1. The Morgan fingerprint density at radius 2 is 2.03 bits per heavy atom. The van der Waals surface area contributed by atoms with Gasteiger partial charge in [-0.1, -0.05) is 18.2 Å². The number of aliphatic hydroxyl groups is 1. The van der Waals surface area contributed by atoms with E-state index in [1.807, 2.05) is 42.3 Å². The number of hydrogen-bond donors (Lipinski definition) is 3. The average molecular weight is 403 g/mol. The van der Waals surface area contributed by atoms with Crippen LogP contribution < -0.4 is 26.0 Å². The lowest BCUT2D eigenvalue weighted by Crippen LogP contribution is -2.41. The fraction of sp³-hybridized carbons (Fsp3) is 0.333. The van der Waals surface area contributed by atoms with Crippen molar-refractivity contribution in [1.82, 2.24) is 4.98 Å². The van der Waals surface area contributed by atoms with Gasteiger partial charge in [0, 0.05) is 38.4 Å². The van der Waals surface area contributed by atoms with Crippen LogP contribution in [0.25, 0.3) is 0 Å². The lowest BCUT2D eigenvalue weighted by atomic mass is 10.2. The molecule has 0 aliphatic carbocycles. The molecular formula is C18H23N6O5-. The van der Waals surface area contributed by atoms with E-state index in [4.69, 9.17) is 5.73 Å². The SMILES string of the molecule is CCN(C(=O)[O-])c1cc(NCC(O)CN(C)c2ccccc2)c([N+](=O)[O-])c(N)n1. The van der Waals surface area contributed by atoms with E-state index < -0.39 is 28.6 Å². The van der Waals surface area contributed by atoms with Crippen molar-refractivity contribution in [3.8, 4) is 0 Å². The minimum atomic E-state index is -1.51. The average Bonchev–Trinajstić information content (AvgIpc) is 2.66. The summed E-state index contributed by atoms with van der Waals surface area (Å²) >= 11 is 0. The summed E-state index contributed by atoms with van der Waals surface area (Å²) in [6.45, 7) is 1.82. The molecule has 0 aliphatic heterocycles. The number of carboxylic acid groups (broad SMARTS) is 1. The smallest absolute Gasteiger partial charge is 0.334 e. The highest BCUT2D eigenvalue weighted by atomic mass is 16.6. The Bertz CT molecular complexity index is 863. The third-order valence-corrected chi connectivity index (χ3v) is 4.21. The minimum absolute atomic E-state index is 0.0243. The summed E-state index contributed by atoms with van der Waals surface area (Å²) in [6, 6.07) is 10.6. The Balaban J connectivity index is 2.18. The van der Waals surface area contributed by atoms with Gasteiger partial charge in [-0.2, -0.15) is 0 Å². The number of carbonyl (C=O) groups excluding carboxylic acids is 1. The van der Waals surface area contributed by atoms with Crippen LogP contribution in [0, 0.1) is 10.1 Å². The molecule has 0 spiro atoms. The predicted molar refractivity (Wildman–Crippen MR) is 108 cm³/mol. The Morgan fingerprint density at radius 3 is 2.59 bits per heavy atom. The molecule has 1 heterocycles. The first-order valence-electron chi connectivity index (χ1n) is 8.86. The first-order valence-corrected chi connectivity index (χ1v) is 8.86. The fourth-order valence-corrected chi connectivity index (χ4v) is 2.79. The zero-order chi connectivity index (χ0) is 21.6. The van der Waals surface area contributed by atoms with Crippen molar-refractivity contribution in [3.05, 3.63) is 46.5 Å². The zero-order valence-electron chi connectivity index (χ0n) is 16.1. The van der Waals surface area contributed by atoms with E-state index in [1.54, 1.807) is 6.92 Å². The topological polar surface area (TPSA) is 161 Å². The first-order chi connectivity index (χ1) is 13.7. The van der Waals surface area contributed by atoms with Gasteiger partial charge in [0.2, 0.25) is 5.82 Å². The number of anilines is 4. The van der Waals surface area contributed by atoms with E-state index in [0.29, 0.717) is 0 Å². The number of nitrogen functional groups attached to an aromatic ring is 1. The van der Waals surface area contributed by atoms with Crippen molar-refractivity contribution in [2.45, 2.75) is 13.0 Å².